The predicted molar refractivity (Wildman–Crippen MR) is 99.9 cm³/mol. The Kier molecular flexibility index (Phi) is 6.71. The van der Waals surface area contributed by atoms with Crippen LogP contribution in [0.5, 0.6) is 5.75 Å². The zero-order chi connectivity index (χ0) is 18.4. The van der Waals surface area contributed by atoms with Gasteiger partial charge in [0.1, 0.15) is 11.4 Å². The molecule has 0 bridgehead atoms. The lowest BCUT2D eigenvalue weighted by atomic mass is 9.96. The van der Waals surface area contributed by atoms with Crippen molar-refractivity contribution in [1.29, 1.82) is 0 Å². The molecule has 0 saturated carbocycles. The van der Waals surface area contributed by atoms with Crippen molar-refractivity contribution in [1.82, 2.24) is 10.2 Å². The molecule has 1 unspecified atom stereocenters. The van der Waals surface area contributed by atoms with Crippen LogP contribution in [-0.2, 0) is 4.74 Å². The highest BCUT2D eigenvalue weighted by Gasteiger charge is 2.26. The lowest BCUT2D eigenvalue weighted by Crippen LogP contribution is -2.43. The molecule has 0 radical (unpaired) electrons. The molecule has 1 aliphatic rings. The quantitative estimate of drug-likeness (QED) is 0.874. The van der Waals surface area contributed by atoms with E-state index in [9.17, 15) is 4.79 Å². The molecule has 1 atom stereocenters. The van der Waals surface area contributed by atoms with E-state index in [4.69, 9.17) is 9.47 Å². The molecule has 2 rings (SSSR count). The van der Waals surface area contributed by atoms with Crippen LogP contribution in [0.3, 0.4) is 0 Å². The number of hydrogen-bond acceptors (Lipinski definition) is 4. The molecule has 1 amide bonds. The Morgan fingerprint density at radius 1 is 1.24 bits per heavy atom. The van der Waals surface area contributed by atoms with Crippen LogP contribution in [0.4, 0.5) is 4.79 Å². The number of benzene rings is 1. The summed E-state index contributed by atoms with van der Waals surface area (Å²) in [6.07, 6.45) is 1.84. The second-order valence-electron chi connectivity index (χ2n) is 7.81. The Morgan fingerprint density at radius 3 is 2.36 bits per heavy atom. The number of hydrogen-bond donors (Lipinski definition) is 1. The third-order valence-corrected chi connectivity index (χ3v) is 4.59. The van der Waals surface area contributed by atoms with Gasteiger partial charge in [-0.1, -0.05) is 12.1 Å². The van der Waals surface area contributed by atoms with E-state index >= 15 is 0 Å². The highest BCUT2D eigenvalue weighted by atomic mass is 16.6. The number of amides is 1. The Balaban J connectivity index is 1.73. The van der Waals surface area contributed by atoms with Crippen LogP contribution in [0.1, 0.15) is 52.1 Å². The summed E-state index contributed by atoms with van der Waals surface area (Å²) in [6.45, 7) is 10.4. The van der Waals surface area contributed by atoms with Gasteiger partial charge in [-0.2, -0.15) is 0 Å². The van der Waals surface area contributed by atoms with Crippen molar-refractivity contribution in [3.63, 3.8) is 0 Å². The summed E-state index contributed by atoms with van der Waals surface area (Å²) in [6, 6.07) is 8.48. The topological polar surface area (TPSA) is 50.8 Å². The molecule has 1 fully saturated rings. The Morgan fingerprint density at radius 2 is 1.84 bits per heavy atom. The Hall–Kier alpha value is -1.75. The number of carbonyl (C=O) groups is 1. The highest BCUT2D eigenvalue weighted by molar-refractivity contribution is 5.68. The van der Waals surface area contributed by atoms with Crippen LogP contribution in [0.2, 0.25) is 0 Å². The monoisotopic (exact) mass is 348 g/mol. The van der Waals surface area contributed by atoms with E-state index in [-0.39, 0.29) is 6.09 Å². The summed E-state index contributed by atoms with van der Waals surface area (Å²) in [5.41, 5.74) is 0.829. The minimum Gasteiger partial charge on any atom is -0.497 e. The fraction of sp³-hybridized carbons (Fsp3) is 0.650. The number of likely N-dealkylation sites (tertiary alicyclic amines) is 1. The zero-order valence-corrected chi connectivity index (χ0v) is 16.2. The minimum atomic E-state index is -0.427. The van der Waals surface area contributed by atoms with Gasteiger partial charge in [0.2, 0.25) is 0 Å². The van der Waals surface area contributed by atoms with Crippen LogP contribution >= 0.6 is 0 Å². The number of methoxy groups -OCH3 is 1. The van der Waals surface area contributed by atoms with E-state index in [0.29, 0.717) is 12.0 Å². The van der Waals surface area contributed by atoms with Crippen LogP contribution in [-0.4, -0.2) is 43.3 Å². The van der Waals surface area contributed by atoms with E-state index in [1.165, 1.54) is 5.56 Å². The summed E-state index contributed by atoms with van der Waals surface area (Å²) in [7, 11) is 1.68. The lowest BCUT2D eigenvalue weighted by Gasteiger charge is -2.34. The molecule has 1 saturated heterocycles. The fourth-order valence-corrected chi connectivity index (χ4v) is 3.00. The van der Waals surface area contributed by atoms with Crippen molar-refractivity contribution in [2.24, 2.45) is 5.92 Å². The molecule has 0 aromatic heterocycles. The first-order valence-electron chi connectivity index (χ1n) is 9.14. The number of nitrogens with one attached hydrogen (secondary N) is 1. The molecule has 5 heteroatoms. The zero-order valence-electron chi connectivity index (χ0n) is 16.2. The van der Waals surface area contributed by atoms with Gasteiger partial charge < -0.3 is 19.7 Å². The van der Waals surface area contributed by atoms with Crippen molar-refractivity contribution < 1.29 is 14.3 Å². The molecular weight excluding hydrogens is 316 g/mol. The largest absolute Gasteiger partial charge is 0.497 e. The molecule has 1 N–H and O–H groups in total. The molecule has 1 heterocycles. The van der Waals surface area contributed by atoms with Gasteiger partial charge in [-0.3, -0.25) is 0 Å². The Labute approximate surface area is 151 Å². The maximum Gasteiger partial charge on any atom is 0.410 e. The van der Waals surface area contributed by atoms with Gasteiger partial charge in [0.15, 0.2) is 0 Å². The summed E-state index contributed by atoms with van der Waals surface area (Å²) < 4.78 is 10.6. The summed E-state index contributed by atoms with van der Waals surface area (Å²) in [4.78, 5) is 13.9. The smallest absolute Gasteiger partial charge is 0.410 e. The summed E-state index contributed by atoms with van der Waals surface area (Å²) in [5.74, 6) is 1.48. The van der Waals surface area contributed by atoms with Crippen LogP contribution < -0.4 is 10.1 Å². The van der Waals surface area contributed by atoms with Crippen molar-refractivity contribution in [2.75, 3.05) is 26.7 Å². The average Bonchev–Trinajstić information content (AvgIpc) is 2.58. The first-order chi connectivity index (χ1) is 11.8. The van der Waals surface area contributed by atoms with Gasteiger partial charge in [-0.25, -0.2) is 4.79 Å². The average molecular weight is 348 g/mol. The van der Waals surface area contributed by atoms with E-state index in [1.807, 2.05) is 37.8 Å². The summed E-state index contributed by atoms with van der Waals surface area (Å²) in [5, 5.41) is 3.61. The van der Waals surface area contributed by atoms with Crippen molar-refractivity contribution in [2.45, 2.75) is 52.2 Å². The number of piperidine rings is 1. The summed E-state index contributed by atoms with van der Waals surface area (Å²) >= 11 is 0. The predicted octanol–water partition coefficient (Wildman–Crippen LogP) is 3.99. The van der Waals surface area contributed by atoms with E-state index in [2.05, 4.69) is 24.4 Å². The van der Waals surface area contributed by atoms with Crippen LogP contribution in [0, 0.1) is 5.92 Å². The fourth-order valence-electron chi connectivity index (χ4n) is 3.00. The maximum atomic E-state index is 12.1. The van der Waals surface area contributed by atoms with Gasteiger partial charge in [-0.15, -0.1) is 0 Å². The normalized spacial score (nSPS) is 17.2. The van der Waals surface area contributed by atoms with Crippen molar-refractivity contribution >= 4 is 6.09 Å². The molecule has 5 nitrogen and oxygen atoms in total. The van der Waals surface area contributed by atoms with Crippen molar-refractivity contribution in [3.05, 3.63) is 29.8 Å². The molecule has 1 aromatic rings. The number of carbonyl (C=O) groups excluding carboxylic acids is 1. The second kappa shape index (κ2) is 8.56. The van der Waals surface area contributed by atoms with Crippen molar-refractivity contribution in [3.8, 4) is 5.75 Å². The third-order valence-electron chi connectivity index (χ3n) is 4.59. The standard InChI is InChI=1S/C20H32N2O3/c1-15(17-6-8-18(24-5)9-7-17)21-14-16-10-12-22(13-11-16)19(23)25-20(2,3)4/h6-9,15-16,21H,10-14H2,1-5H3. The van der Waals surface area contributed by atoms with Gasteiger partial charge in [0.25, 0.3) is 0 Å². The van der Waals surface area contributed by atoms with Gasteiger partial charge in [0, 0.05) is 19.1 Å². The van der Waals surface area contributed by atoms with E-state index in [0.717, 1.165) is 38.2 Å². The molecule has 0 spiro atoms. The van der Waals surface area contributed by atoms with Gasteiger partial charge >= 0.3 is 6.09 Å². The number of ether oxygens (including phenoxy) is 2. The van der Waals surface area contributed by atoms with Gasteiger partial charge in [0.05, 0.1) is 7.11 Å². The molecule has 25 heavy (non-hydrogen) atoms. The minimum absolute atomic E-state index is 0.189. The third kappa shape index (κ3) is 6.24. The first kappa shape index (κ1) is 19.6. The highest BCUT2D eigenvalue weighted by Crippen LogP contribution is 2.21. The Bertz CT molecular complexity index is 543. The SMILES string of the molecule is COc1ccc(C(C)NCC2CCN(C(=O)OC(C)(C)C)CC2)cc1. The van der Waals surface area contributed by atoms with Crippen LogP contribution in [0.25, 0.3) is 0 Å². The second-order valence-corrected chi connectivity index (χ2v) is 7.81. The van der Waals surface area contributed by atoms with Crippen LogP contribution in [0.15, 0.2) is 24.3 Å². The molecule has 0 aliphatic carbocycles. The number of rotatable bonds is 5. The molecular formula is C20H32N2O3. The molecule has 140 valence electrons. The maximum absolute atomic E-state index is 12.1. The molecule has 1 aliphatic heterocycles. The molecule has 1 aromatic carbocycles. The van der Waals surface area contributed by atoms with Gasteiger partial charge in [-0.05, 0) is 70.7 Å². The number of nitrogens with zero attached hydrogens (tertiary/aromatic N) is 1. The first-order valence-corrected chi connectivity index (χ1v) is 9.14. The van der Waals surface area contributed by atoms with E-state index < -0.39 is 5.60 Å². The van der Waals surface area contributed by atoms with E-state index in [1.54, 1.807) is 7.11 Å². The lowest BCUT2D eigenvalue weighted by molar-refractivity contribution is 0.0183.